The zero-order chi connectivity index (χ0) is 25.2. The summed E-state index contributed by atoms with van der Waals surface area (Å²) in [4.78, 5) is 13.1. The molecule has 0 radical (unpaired) electrons. The minimum atomic E-state index is -3.79. The molecule has 2 heterocycles. The Morgan fingerprint density at radius 3 is 2.64 bits per heavy atom. The summed E-state index contributed by atoms with van der Waals surface area (Å²) >= 11 is 0. The molecule has 7 nitrogen and oxygen atoms in total. The zero-order valence-electron chi connectivity index (χ0n) is 20.8. The van der Waals surface area contributed by atoms with Gasteiger partial charge in [-0.3, -0.25) is 4.79 Å². The summed E-state index contributed by atoms with van der Waals surface area (Å²) in [6, 6.07) is 12.5. The maximum Gasteiger partial charge on any atom is 0.274 e. The van der Waals surface area contributed by atoms with Crippen LogP contribution in [0.2, 0.25) is 0 Å². The van der Waals surface area contributed by atoms with Crippen LogP contribution in [0.1, 0.15) is 74.0 Å². The summed E-state index contributed by atoms with van der Waals surface area (Å²) in [5, 5.41) is 6.39. The van der Waals surface area contributed by atoms with Gasteiger partial charge in [0.05, 0.1) is 18.2 Å². The van der Waals surface area contributed by atoms with Gasteiger partial charge >= 0.3 is 0 Å². The van der Waals surface area contributed by atoms with Crippen molar-refractivity contribution in [3.05, 3.63) is 53.1 Å². The Kier molecular flexibility index (Phi) is 5.55. The van der Waals surface area contributed by atoms with Crippen LogP contribution in [-0.2, 0) is 28.1 Å². The number of fused-ring (bicyclic) bond motifs is 7. The number of ether oxygens (including phenoxy) is 1. The van der Waals surface area contributed by atoms with Gasteiger partial charge < -0.3 is 9.30 Å². The Morgan fingerprint density at radius 1 is 1.17 bits per heavy atom. The van der Waals surface area contributed by atoms with Gasteiger partial charge in [0.1, 0.15) is 11.5 Å². The van der Waals surface area contributed by atoms with Gasteiger partial charge in [-0.25, -0.2) is 5.14 Å². The van der Waals surface area contributed by atoms with Crippen molar-refractivity contribution in [3.63, 3.8) is 0 Å². The number of Topliss-reactive ketones (excluding diaryl/α,β-unsaturated/α-hetero) is 1. The number of carbonyl (C=O) groups excluding carboxylic acids is 1. The molecule has 2 atom stereocenters. The van der Waals surface area contributed by atoms with Crippen molar-refractivity contribution < 1.29 is 17.9 Å². The summed E-state index contributed by atoms with van der Waals surface area (Å²) in [5.74, 6) is 1.69. The third-order valence-corrected chi connectivity index (χ3v) is 9.31. The highest BCUT2D eigenvalue weighted by atomic mass is 32.2. The molecular weight excluding hydrogens is 474 g/mol. The van der Waals surface area contributed by atoms with Crippen molar-refractivity contribution in [1.82, 2.24) is 9.29 Å². The highest BCUT2D eigenvalue weighted by molar-refractivity contribution is 7.87. The van der Waals surface area contributed by atoms with E-state index in [9.17, 15) is 13.2 Å². The second kappa shape index (κ2) is 8.43. The number of benzene rings is 2. The van der Waals surface area contributed by atoms with Crippen molar-refractivity contribution in [1.29, 1.82) is 0 Å². The lowest BCUT2D eigenvalue weighted by Crippen LogP contribution is -2.30. The van der Waals surface area contributed by atoms with Crippen LogP contribution in [0.15, 0.2) is 36.4 Å². The molecule has 2 aromatic carbocycles. The molecule has 0 amide bonds. The second-order valence-electron chi connectivity index (χ2n) is 10.8. The fraction of sp³-hybridized carbons (Fsp3) is 0.464. The summed E-state index contributed by atoms with van der Waals surface area (Å²) in [6.07, 6.45) is 6.89. The predicted octanol–water partition coefficient (Wildman–Crippen LogP) is 4.73. The topological polar surface area (TPSA) is 103 Å². The van der Waals surface area contributed by atoms with Gasteiger partial charge in [-0.2, -0.15) is 13.1 Å². The van der Waals surface area contributed by atoms with Gasteiger partial charge in [0.25, 0.3) is 10.2 Å². The Bertz CT molecular complexity index is 1490. The standard InChI is InChI=1S/C28H33N3O4S/c1-17(32)28-14-24(28)23-13-20(35-2)9-11-21(23)27-26(19-6-4-3-5-7-19)22-10-8-18(15-30-36(29,33)34)12-25(22)31(27)16-28/h8-13,19,24,30H,3-7,14-16H2,1-2H3,(H2,29,33,34). The summed E-state index contributed by atoms with van der Waals surface area (Å²) in [7, 11) is -2.11. The van der Waals surface area contributed by atoms with Crippen LogP contribution < -0.4 is 14.6 Å². The fourth-order valence-electron chi connectivity index (χ4n) is 6.82. The van der Waals surface area contributed by atoms with Crippen LogP contribution in [0.25, 0.3) is 22.2 Å². The molecule has 3 aliphatic rings. The van der Waals surface area contributed by atoms with Crippen LogP contribution >= 0.6 is 0 Å². The molecule has 2 aliphatic carbocycles. The average molecular weight is 508 g/mol. The Balaban J connectivity index is 1.62. The molecule has 1 aliphatic heterocycles. The highest BCUT2D eigenvalue weighted by Crippen LogP contribution is 2.65. The molecule has 3 aromatic rings. The number of methoxy groups -OCH3 is 1. The van der Waals surface area contributed by atoms with E-state index in [1.165, 1.54) is 47.0 Å². The van der Waals surface area contributed by atoms with Crippen molar-refractivity contribution in [2.24, 2.45) is 10.6 Å². The van der Waals surface area contributed by atoms with E-state index in [0.29, 0.717) is 12.5 Å². The van der Waals surface area contributed by atoms with Crippen LogP contribution in [0.5, 0.6) is 5.75 Å². The quantitative estimate of drug-likeness (QED) is 0.503. The van der Waals surface area contributed by atoms with E-state index >= 15 is 0 Å². The minimum Gasteiger partial charge on any atom is -0.497 e. The van der Waals surface area contributed by atoms with E-state index < -0.39 is 15.6 Å². The van der Waals surface area contributed by atoms with Crippen LogP contribution in [-0.4, -0.2) is 25.9 Å². The van der Waals surface area contributed by atoms with Crippen LogP contribution in [0.4, 0.5) is 0 Å². The number of ketones is 1. The first kappa shape index (κ1) is 23.7. The zero-order valence-corrected chi connectivity index (χ0v) is 21.7. The SMILES string of the molecule is COc1ccc2c(c1)C1CC1(C(C)=O)Cn1c-2c(C2CCCCC2)c2ccc(CNS(N)(=O)=O)cc21. The first-order chi connectivity index (χ1) is 17.2. The number of aromatic nitrogens is 1. The number of nitrogens with one attached hydrogen (secondary N) is 1. The number of hydrogen-bond donors (Lipinski definition) is 2. The van der Waals surface area contributed by atoms with E-state index in [-0.39, 0.29) is 18.2 Å². The van der Waals surface area contributed by atoms with Gasteiger partial charge in [-0.15, -0.1) is 0 Å². The molecule has 0 saturated heterocycles. The van der Waals surface area contributed by atoms with E-state index in [2.05, 4.69) is 33.6 Å². The number of rotatable bonds is 6. The number of nitrogens with two attached hydrogens (primary N) is 1. The first-order valence-corrected chi connectivity index (χ1v) is 14.4. The van der Waals surface area contributed by atoms with Gasteiger partial charge in [0.15, 0.2) is 0 Å². The third-order valence-electron chi connectivity index (χ3n) is 8.77. The summed E-state index contributed by atoms with van der Waals surface area (Å²) in [6.45, 7) is 2.48. The molecule has 3 N–H and O–H groups in total. The molecule has 8 heteroatoms. The molecule has 0 spiro atoms. The summed E-state index contributed by atoms with van der Waals surface area (Å²) < 4.78 is 33.4. The minimum absolute atomic E-state index is 0.127. The van der Waals surface area contributed by atoms with E-state index in [1.54, 1.807) is 14.0 Å². The lowest BCUT2D eigenvalue weighted by Gasteiger charge is -2.24. The highest BCUT2D eigenvalue weighted by Gasteiger charge is 2.61. The van der Waals surface area contributed by atoms with Gasteiger partial charge in [-0.1, -0.05) is 31.4 Å². The maximum absolute atomic E-state index is 13.1. The van der Waals surface area contributed by atoms with Crippen LogP contribution in [0.3, 0.4) is 0 Å². The average Bonchev–Trinajstić information content (AvgIpc) is 3.54. The van der Waals surface area contributed by atoms with Gasteiger partial charge in [0, 0.05) is 29.6 Å². The maximum atomic E-state index is 13.1. The number of carbonyl (C=O) groups is 1. The molecule has 36 heavy (non-hydrogen) atoms. The Labute approximate surface area is 212 Å². The van der Waals surface area contributed by atoms with Crippen molar-refractivity contribution in [3.8, 4) is 17.0 Å². The van der Waals surface area contributed by atoms with E-state index in [1.807, 2.05) is 12.1 Å². The first-order valence-electron chi connectivity index (χ1n) is 12.8. The number of hydrogen-bond acceptors (Lipinski definition) is 4. The Morgan fingerprint density at radius 2 is 1.94 bits per heavy atom. The van der Waals surface area contributed by atoms with E-state index in [0.717, 1.165) is 36.1 Å². The van der Waals surface area contributed by atoms with Crippen LogP contribution in [0, 0.1) is 5.41 Å². The molecule has 1 aromatic heterocycles. The lowest BCUT2D eigenvalue weighted by atomic mass is 9.81. The molecule has 2 saturated carbocycles. The molecule has 2 unspecified atom stereocenters. The summed E-state index contributed by atoms with van der Waals surface area (Å²) in [5.41, 5.74) is 6.49. The van der Waals surface area contributed by atoms with Crippen molar-refractivity contribution >= 4 is 26.9 Å². The van der Waals surface area contributed by atoms with E-state index in [4.69, 9.17) is 9.88 Å². The Hall–Kier alpha value is -2.68. The monoisotopic (exact) mass is 507 g/mol. The largest absolute Gasteiger partial charge is 0.497 e. The molecule has 0 bridgehead atoms. The molecule has 6 rings (SSSR count). The fourth-order valence-corrected chi connectivity index (χ4v) is 7.18. The number of nitrogens with zero attached hydrogens (tertiary/aromatic N) is 1. The lowest BCUT2D eigenvalue weighted by molar-refractivity contribution is -0.122. The van der Waals surface area contributed by atoms with Crippen molar-refractivity contribution in [2.45, 2.75) is 70.4 Å². The second-order valence-corrected chi connectivity index (χ2v) is 12.2. The van der Waals surface area contributed by atoms with Gasteiger partial charge in [0.2, 0.25) is 0 Å². The van der Waals surface area contributed by atoms with Crippen molar-refractivity contribution in [2.75, 3.05) is 7.11 Å². The third kappa shape index (κ3) is 3.78. The predicted molar refractivity (Wildman–Crippen MR) is 140 cm³/mol. The molecular formula is C28H33N3O4S. The smallest absolute Gasteiger partial charge is 0.274 e. The molecule has 2 fully saturated rings. The van der Waals surface area contributed by atoms with Gasteiger partial charge in [-0.05, 0) is 79.0 Å². The normalized spacial score (nSPS) is 23.5. The molecule has 190 valence electrons.